The van der Waals surface area contributed by atoms with E-state index in [1.165, 1.54) is 0 Å². The van der Waals surface area contributed by atoms with Gasteiger partial charge in [0.2, 0.25) is 0 Å². The van der Waals surface area contributed by atoms with E-state index in [1.807, 2.05) is 84.6 Å². The van der Waals surface area contributed by atoms with Gasteiger partial charge in [-0.2, -0.15) is 0 Å². The molecule has 0 spiro atoms. The van der Waals surface area contributed by atoms with Crippen molar-refractivity contribution in [2.24, 2.45) is 0 Å². The third kappa shape index (κ3) is 2.92. The molecule has 1 heterocycles. The van der Waals surface area contributed by atoms with Crippen LogP contribution in [-0.2, 0) is 5.41 Å². The number of carbonyl (C=O) groups is 1. The summed E-state index contributed by atoms with van der Waals surface area (Å²) in [6, 6.07) is 27.1. The highest BCUT2D eigenvalue weighted by atomic mass is 16.3. The van der Waals surface area contributed by atoms with E-state index in [0.29, 0.717) is 5.56 Å². The Labute approximate surface area is 182 Å². The number of rotatable bonds is 2. The van der Waals surface area contributed by atoms with E-state index >= 15 is 0 Å². The van der Waals surface area contributed by atoms with Crippen LogP contribution in [0, 0.1) is 6.92 Å². The lowest BCUT2D eigenvalue weighted by Gasteiger charge is -2.35. The lowest BCUT2D eigenvalue weighted by Crippen LogP contribution is -2.38. The zero-order chi connectivity index (χ0) is 21.8. The van der Waals surface area contributed by atoms with Crippen LogP contribution in [0.15, 0.2) is 84.9 Å². The van der Waals surface area contributed by atoms with Gasteiger partial charge >= 0.3 is 0 Å². The van der Waals surface area contributed by atoms with Crippen LogP contribution in [0.1, 0.15) is 46.9 Å². The Hall–Kier alpha value is -3.59. The second-order valence-corrected chi connectivity index (χ2v) is 8.91. The fourth-order valence-electron chi connectivity index (χ4n) is 5.04. The van der Waals surface area contributed by atoms with Crippen LogP contribution in [-0.4, -0.2) is 11.0 Å². The molecule has 1 N–H and O–H groups in total. The van der Waals surface area contributed by atoms with Crippen molar-refractivity contribution in [3.8, 4) is 5.75 Å². The molecule has 0 fully saturated rings. The molecule has 0 bridgehead atoms. The summed E-state index contributed by atoms with van der Waals surface area (Å²) < 4.78 is 0. The summed E-state index contributed by atoms with van der Waals surface area (Å²) in [7, 11) is 0. The number of aromatic hydroxyl groups is 1. The minimum Gasteiger partial charge on any atom is -0.508 e. The number of fused-ring (bicyclic) bond motifs is 2. The standard InChI is InChI=1S/C28H25NO2/c1-18-9-8-11-20(17-18)27(31)29-23-14-7-6-13-22(23)28(2,3)26(29)25-21-12-5-4-10-19(21)15-16-24(25)30/h4-17,26,30H,1-3H3/t26-/m0/s1. The zero-order valence-electron chi connectivity index (χ0n) is 18.0. The lowest BCUT2D eigenvalue weighted by molar-refractivity contribution is 0.0971. The minimum absolute atomic E-state index is 0.0564. The molecule has 0 unspecified atom stereocenters. The Morgan fingerprint density at radius 1 is 0.903 bits per heavy atom. The third-order valence-electron chi connectivity index (χ3n) is 6.50. The number of carbonyl (C=O) groups excluding carboxylic acids is 1. The van der Waals surface area contributed by atoms with E-state index < -0.39 is 5.41 Å². The van der Waals surface area contributed by atoms with Crippen LogP contribution in [0.3, 0.4) is 0 Å². The summed E-state index contributed by atoms with van der Waals surface area (Å²) in [6.07, 6.45) is 0. The molecule has 4 aromatic rings. The highest BCUT2D eigenvalue weighted by Crippen LogP contribution is 2.55. The number of aryl methyl sites for hydroxylation is 1. The number of anilines is 1. The van der Waals surface area contributed by atoms with E-state index in [2.05, 4.69) is 19.9 Å². The maximum absolute atomic E-state index is 13.9. The summed E-state index contributed by atoms with van der Waals surface area (Å²) in [5.41, 5.74) is 4.10. The molecule has 4 aromatic carbocycles. The molecule has 0 aliphatic carbocycles. The number of benzene rings is 4. The van der Waals surface area contributed by atoms with E-state index in [1.54, 1.807) is 6.07 Å². The van der Waals surface area contributed by atoms with Gasteiger partial charge in [-0.25, -0.2) is 0 Å². The molecule has 1 aliphatic heterocycles. The molecular weight excluding hydrogens is 382 g/mol. The van der Waals surface area contributed by atoms with Crippen LogP contribution in [0.2, 0.25) is 0 Å². The molecule has 3 heteroatoms. The summed E-state index contributed by atoms with van der Waals surface area (Å²) >= 11 is 0. The summed E-state index contributed by atoms with van der Waals surface area (Å²) in [5.74, 6) is 0.158. The first-order valence-corrected chi connectivity index (χ1v) is 10.6. The van der Waals surface area contributed by atoms with E-state index in [9.17, 15) is 9.90 Å². The summed E-state index contributed by atoms with van der Waals surface area (Å²) in [4.78, 5) is 15.8. The summed E-state index contributed by atoms with van der Waals surface area (Å²) in [5, 5.41) is 13.1. The van der Waals surface area contributed by atoms with Crippen molar-refractivity contribution < 1.29 is 9.90 Å². The molecule has 0 saturated heterocycles. The average molecular weight is 408 g/mol. The molecule has 154 valence electrons. The monoisotopic (exact) mass is 407 g/mol. The Morgan fingerprint density at radius 2 is 1.65 bits per heavy atom. The van der Waals surface area contributed by atoms with Crippen molar-refractivity contribution in [2.45, 2.75) is 32.2 Å². The number of hydrogen-bond acceptors (Lipinski definition) is 2. The minimum atomic E-state index is -0.391. The van der Waals surface area contributed by atoms with Gasteiger partial charge in [-0.1, -0.05) is 80.1 Å². The maximum Gasteiger partial charge on any atom is 0.258 e. The largest absolute Gasteiger partial charge is 0.508 e. The van der Waals surface area contributed by atoms with Crippen LogP contribution >= 0.6 is 0 Å². The van der Waals surface area contributed by atoms with Gasteiger partial charge in [0.05, 0.1) is 6.04 Å². The number of phenolic OH excluding ortho intramolecular Hbond substituents is 1. The van der Waals surface area contributed by atoms with Crippen LogP contribution < -0.4 is 4.90 Å². The van der Waals surface area contributed by atoms with Crippen molar-refractivity contribution in [3.05, 3.63) is 107 Å². The van der Waals surface area contributed by atoms with Gasteiger partial charge in [-0.05, 0) is 47.5 Å². The Kier molecular flexibility index (Phi) is 4.37. The van der Waals surface area contributed by atoms with Crippen molar-refractivity contribution >= 4 is 22.4 Å². The molecule has 0 saturated carbocycles. The molecule has 0 aromatic heterocycles. The highest BCUT2D eigenvalue weighted by Gasteiger charge is 2.49. The number of nitrogens with zero attached hydrogens (tertiary/aromatic N) is 1. The molecule has 1 amide bonds. The van der Waals surface area contributed by atoms with Gasteiger partial charge in [0.15, 0.2) is 0 Å². The predicted molar refractivity (Wildman–Crippen MR) is 126 cm³/mol. The first-order chi connectivity index (χ1) is 14.9. The van der Waals surface area contributed by atoms with E-state index in [0.717, 1.165) is 33.2 Å². The van der Waals surface area contributed by atoms with Crippen molar-refractivity contribution in [1.82, 2.24) is 0 Å². The summed E-state index contributed by atoms with van der Waals surface area (Å²) in [6.45, 7) is 6.30. The molecule has 3 nitrogen and oxygen atoms in total. The topological polar surface area (TPSA) is 40.5 Å². The Morgan fingerprint density at radius 3 is 2.45 bits per heavy atom. The SMILES string of the molecule is Cc1cccc(C(=O)N2c3ccccc3C(C)(C)[C@@H]2c2c(O)ccc3ccccc23)c1. The first-order valence-electron chi connectivity index (χ1n) is 10.6. The van der Waals surface area contributed by atoms with E-state index in [4.69, 9.17) is 0 Å². The van der Waals surface area contributed by atoms with Gasteiger partial charge in [0, 0.05) is 22.2 Å². The normalized spacial score (nSPS) is 17.0. The Bertz CT molecular complexity index is 1320. The molecule has 0 radical (unpaired) electrons. The van der Waals surface area contributed by atoms with Crippen LogP contribution in [0.25, 0.3) is 10.8 Å². The van der Waals surface area contributed by atoms with Crippen LogP contribution in [0.5, 0.6) is 5.75 Å². The quantitative estimate of drug-likeness (QED) is 0.410. The third-order valence-corrected chi connectivity index (χ3v) is 6.50. The van der Waals surface area contributed by atoms with Gasteiger partial charge in [-0.3, -0.25) is 9.69 Å². The van der Waals surface area contributed by atoms with Gasteiger partial charge in [0.25, 0.3) is 5.91 Å². The highest BCUT2D eigenvalue weighted by molar-refractivity contribution is 6.09. The van der Waals surface area contributed by atoms with Gasteiger partial charge in [-0.15, -0.1) is 0 Å². The fraction of sp³-hybridized carbons (Fsp3) is 0.179. The average Bonchev–Trinajstić information content (AvgIpc) is 3.00. The van der Waals surface area contributed by atoms with Crippen molar-refractivity contribution in [3.63, 3.8) is 0 Å². The molecule has 1 atom stereocenters. The number of phenols is 1. The lowest BCUT2D eigenvalue weighted by atomic mass is 9.76. The van der Waals surface area contributed by atoms with Crippen molar-refractivity contribution in [2.75, 3.05) is 4.90 Å². The molecule has 31 heavy (non-hydrogen) atoms. The number of hydrogen-bond donors (Lipinski definition) is 1. The van der Waals surface area contributed by atoms with Gasteiger partial charge in [0.1, 0.15) is 5.75 Å². The van der Waals surface area contributed by atoms with Crippen molar-refractivity contribution in [1.29, 1.82) is 0 Å². The second kappa shape index (κ2) is 6.98. The number of amides is 1. The fourth-order valence-corrected chi connectivity index (χ4v) is 5.04. The number of para-hydroxylation sites is 1. The predicted octanol–water partition coefficient (Wildman–Crippen LogP) is 6.53. The molecular formula is C28H25NO2. The Balaban J connectivity index is 1.80. The van der Waals surface area contributed by atoms with Gasteiger partial charge < -0.3 is 5.11 Å². The maximum atomic E-state index is 13.9. The second-order valence-electron chi connectivity index (χ2n) is 8.91. The first kappa shape index (κ1) is 19.4. The molecule has 1 aliphatic rings. The zero-order valence-corrected chi connectivity index (χ0v) is 18.0. The van der Waals surface area contributed by atoms with E-state index in [-0.39, 0.29) is 17.7 Å². The smallest absolute Gasteiger partial charge is 0.258 e. The molecule has 5 rings (SSSR count). The van der Waals surface area contributed by atoms with Crippen LogP contribution in [0.4, 0.5) is 5.69 Å².